The molecule has 0 heterocycles. The van der Waals surface area contributed by atoms with Gasteiger partial charge in [-0.1, -0.05) is 59.8 Å². The van der Waals surface area contributed by atoms with E-state index in [1.165, 1.54) is 21.9 Å². The Bertz CT molecular complexity index is 906. The van der Waals surface area contributed by atoms with Gasteiger partial charge in [-0.3, -0.25) is 0 Å². The van der Waals surface area contributed by atoms with Crippen molar-refractivity contribution < 1.29 is 0 Å². The molecule has 3 rings (SSSR count). The number of hydrogen-bond donors (Lipinski definition) is 0. The summed E-state index contributed by atoms with van der Waals surface area (Å²) in [7, 11) is 0. The quantitative estimate of drug-likeness (QED) is 0.473. The highest BCUT2D eigenvalue weighted by Crippen LogP contribution is 2.24. The summed E-state index contributed by atoms with van der Waals surface area (Å²) in [4.78, 5) is 0. The predicted octanol–water partition coefficient (Wildman–Crippen LogP) is 6.13. The minimum atomic E-state index is -0.217. The molecule has 0 aromatic heterocycles. The van der Waals surface area contributed by atoms with Crippen LogP contribution in [0.5, 0.6) is 0 Å². The Morgan fingerprint density at radius 1 is 0.913 bits per heavy atom. The van der Waals surface area contributed by atoms with Crippen LogP contribution in [0.3, 0.4) is 0 Å². The van der Waals surface area contributed by atoms with Crippen molar-refractivity contribution in [1.29, 1.82) is 0 Å². The summed E-state index contributed by atoms with van der Waals surface area (Å²) in [6, 6.07) is 20.7. The van der Waals surface area contributed by atoms with Gasteiger partial charge in [-0.15, -0.1) is 0 Å². The smallest absolute Gasteiger partial charge is 0.0510 e. The van der Waals surface area contributed by atoms with Gasteiger partial charge in [-0.25, -0.2) is 0 Å². The van der Waals surface area contributed by atoms with E-state index in [0.29, 0.717) is 0 Å². The van der Waals surface area contributed by atoms with Crippen molar-refractivity contribution in [2.75, 3.05) is 0 Å². The summed E-state index contributed by atoms with van der Waals surface area (Å²) >= 11 is 5.97. The van der Waals surface area contributed by atoms with E-state index >= 15 is 0 Å². The second kappa shape index (κ2) is 6.11. The lowest BCUT2D eigenvalue weighted by Gasteiger charge is -2.18. The summed E-state index contributed by atoms with van der Waals surface area (Å²) in [6.07, 6.45) is 0. The molecular formula is C22H19Cl. The van der Waals surface area contributed by atoms with Crippen molar-refractivity contribution in [3.63, 3.8) is 0 Å². The first kappa shape index (κ1) is 15.7. The first-order chi connectivity index (χ1) is 11.0. The molecule has 0 spiro atoms. The minimum Gasteiger partial charge on any atom is -0.0869 e. The van der Waals surface area contributed by atoms with Gasteiger partial charge in [0, 0.05) is 10.6 Å². The number of fused-ring (bicyclic) bond motifs is 1. The maximum absolute atomic E-state index is 5.97. The fourth-order valence-corrected chi connectivity index (χ4v) is 2.80. The topological polar surface area (TPSA) is 0 Å². The molecule has 0 bridgehead atoms. The lowest BCUT2D eigenvalue weighted by atomic mass is 9.85. The molecule has 0 fully saturated rings. The highest BCUT2D eigenvalue weighted by Gasteiger charge is 2.17. The van der Waals surface area contributed by atoms with Crippen molar-refractivity contribution in [2.24, 2.45) is 0 Å². The largest absolute Gasteiger partial charge is 0.0869 e. The highest BCUT2D eigenvalue weighted by atomic mass is 35.5. The van der Waals surface area contributed by atoms with Crippen LogP contribution in [-0.2, 0) is 5.41 Å². The van der Waals surface area contributed by atoms with E-state index in [4.69, 9.17) is 11.6 Å². The monoisotopic (exact) mass is 318 g/mol. The normalized spacial score (nSPS) is 11.1. The Labute approximate surface area is 143 Å². The third-order valence-electron chi connectivity index (χ3n) is 4.19. The van der Waals surface area contributed by atoms with Crippen LogP contribution in [-0.4, -0.2) is 0 Å². The minimum absolute atomic E-state index is 0.217. The molecule has 0 N–H and O–H groups in total. The van der Waals surface area contributed by atoms with Gasteiger partial charge in [-0.05, 0) is 66.9 Å². The van der Waals surface area contributed by atoms with Crippen molar-refractivity contribution >= 4 is 22.4 Å². The Morgan fingerprint density at radius 3 is 2.39 bits per heavy atom. The van der Waals surface area contributed by atoms with E-state index in [0.717, 1.165) is 10.6 Å². The molecule has 0 atom stereocenters. The average Bonchev–Trinajstić information content (AvgIpc) is 2.54. The van der Waals surface area contributed by atoms with E-state index in [1.807, 2.05) is 24.3 Å². The van der Waals surface area contributed by atoms with Crippen LogP contribution in [0.4, 0.5) is 0 Å². The molecule has 0 unspecified atom stereocenters. The van der Waals surface area contributed by atoms with Crippen LogP contribution in [0, 0.1) is 18.8 Å². The van der Waals surface area contributed by atoms with Crippen LogP contribution >= 0.6 is 11.6 Å². The standard InChI is InChI=1S/C22H19Cl/c1-16-5-4-6-18-8-7-17(15-21(16)18)13-14-22(2,3)19-9-11-20(23)12-10-19/h4-12,15H,1-3H3. The zero-order valence-electron chi connectivity index (χ0n) is 13.7. The van der Waals surface area contributed by atoms with Crippen LogP contribution in [0.1, 0.15) is 30.5 Å². The van der Waals surface area contributed by atoms with Crippen LogP contribution in [0.25, 0.3) is 10.8 Å². The molecule has 3 aromatic carbocycles. The Kier molecular flexibility index (Phi) is 4.16. The molecule has 0 aliphatic heterocycles. The Balaban J connectivity index is 1.97. The fraction of sp³-hybridized carbons (Fsp3) is 0.182. The lowest BCUT2D eigenvalue weighted by molar-refractivity contribution is 0.698. The maximum atomic E-state index is 5.97. The van der Waals surface area contributed by atoms with Crippen molar-refractivity contribution in [1.82, 2.24) is 0 Å². The molecule has 0 aliphatic carbocycles. The summed E-state index contributed by atoms with van der Waals surface area (Å²) in [5.74, 6) is 6.74. The summed E-state index contributed by atoms with van der Waals surface area (Å²) < 4.78 is 0. The predicted molar refractivity (Wildman–Crippen MR) is 100 cm³/mol. The molecule has 0 amide bonds. The number of halogens is 1. The van der Waals surface area contributed by atoms with Gasteiger partial charge in [0.25, 0.3) is 0 Å². The van der Waals surface area contributed by atoms with Gasteiger partial charge >= 0.3 is 0 Å². The summed E-state index contributed by atoms with van der Waals surface area (Å²) in [5, 5.41) is 3.28. The molecule has 0 saturated carbocycles. The number of hydrogen-bond acceptors (Lipinski definition) is 0. The first-order valence-electron chi connectivity index (χ1n) is 7.74. The highest BCUT2D eigenvalue weighted by molar-refractivity contribution is 6.30. The van der Waals surface area contributed by atoms with Gasteiger partial charge in [0.05, 0.1) is 5.41 Å². The number of aryl methyl sites for hydroxylation is 1. The Hall–Kier alpha value is -2.23. The molecule has 23 heavy (non-hydrogen) atoms. The molecule has 114 valence electrons. The van der Waals surface area contributed by atoms with Crippen molar-refractivity contribution in [2.45, 2.75) is 26.2 Å². The van der Waals surface area contributed by atoms with Gasteiger partial charge < -0.3 is 0 Å². The number of benzene rings is 3. The van der Waals surface area contributed by atoms with Crippen LogP contribution in [0.15, 0.2) is 60.7 Å². The maximum Gasteiger partial charge on any atom is 0.0510 e. The second-order valence-electron chi connectivity index (χ2n) is 6.39. The third-order valence-corrected chi connectivity index (χ3v) is 4.44. The second-order valence-corrected chi connectivity index (χ2v) is 6.83. The average molecular weight is 319 g/mol. The summed E-state index contributed by atoms with van der Waals surface area (Å²) in [5.41, 5.74) is 3.29. The van der Waals surface area contributed by atoms with E-state index < -0.39 is 0 Å². The van der Waals surface area contributed by atoms with E-state index in [-0.39, 0.29) is 5.41 Å². The zero-order valence-corrected chi connectivity index (χ0v) is 14.4. The number of rotatable bonds is 1. The SMILES string of the molecule is Cc1cccc2ccc(C#CC(C)(C)c3ccc(Cl)cc3)cc12. The molecule has 3 aromatic rings. The van der Waals surface area contributed by atoms with Crippen molar-refractivity contribution in [3.05, 3.63) is 82.4 Å². The molecule has 0 aliphatic rings. The van der Waals surface area contributed by atoms with Crippen LogP contribution in [0.2, 0.25) is 5.02 Å². The summed E-state index contributed by atoms with van der Waals surface area (Å²) in [6.45, 7) is 6.41. The Morgan fingerprint density at radius 2 is 1.65 bits per heavy atom. The van der Waals surface area contributed by atoms with Gasteiger partial charge in [0.2, 0.25) is 0 Å². The lowest BCUT2D eigenvalue weighted by Crippen LogP contribution is -2.13. The third kappa shape index (κ3) is 3.41. The molecule has 0 radical (unpaired) electrons. The molecule has 1 heteroatoms. The van der Waals surface area contributed by atoms with E-state index in [1.54, 1.807) is 0 Å². The van der Waals surface area contributed by atoms with Gasteiger partial charge in [0.15, 0.2) is 0 Å². The molecule has 0 nitrogen and oxygen atoms in total. The van der Waals surface area contributed by atoms with Gasteiger partial charge in [0.1, 0.15) is 0 Å². The molecular weight excluding hydrogens is 300 g/mol. The van der Waals surface area contributed by atoms with E-state index in [2.05, 4.69) is 69.0 Å². The fourth-order valence-electron chi connectivity index (χ4n) is 2.67. The van der Waals surface area contributed by atoms with Gasteiger partial charge in [-0.2, -0.15) is 0 Å². The first-order valence-corrected chi connectivity index (χ1v) is 8.12. The zero-order chi connectivity index (χ0) is 16.4. The van der Waals surface area contributed by atoms with E-state index in [9.17, 15) is 0 Å². The molecule has 0 saturated heterocycles. The van der Waals surface area contributed by atoms with Crippen LogP contribution < -0.4 is 0 Å². The van der Waals surface area contributed by atoms with Crippen molar-refractivity contribution in [3.8, 4) is 11.8 Å².